The van der Waals surface area contributed by atoms with Crippen molar-refractivity contribution in [1.29, 1.82) is 0 Å². The standard InChI is InChI=1S/C16H16N2O2S/c1-18(13-5-3-4-6-14(13)20-2)16(19)12-9-7-11(8-10-12)15(17)21/h3-10H,1-2H3,(H2,17,21). The Morgan fingerprint density at radius 3 is 2.24 bits per heavy atom. The lowest BCUT2D eigenvalue weighted by Crippen LogP contribution is -2.26. The number of amides is 1. The Bertz CT molecular complexity index is 668. The lowest BCUT2D eigenvalue weighted by Gasteiger charge is -2.20. The van der Waals surface area contributed by atoms with E-state index >= 15 is 0 Å². The quantitative estimate of drug-likeness (QED) is 0.882. The van der Waals surface area contributed by atoms with Gasteiger partial charge in [-0.1, -0.05) is 36.5 Å². The molecule has 4 nitrogen and oxygen atoms in total. The summed E-state index contributed by atoms with van der Waals surface area (Å²) in [5, 5.41) is 0. The number of ether oxygens (including phenoxy) is 1. The van der Waals surface area contributed by atoms with Crippen LogP contribution in [0.25, 0.3) is 0 Å². The molecule has 0 saturated carbocycles. The van der Waals surface area contributed by atoms with Gasteiger partial charge in [0.2, 0.25) is 0 Å². The minimum Gasteiger partial charge on any atom is -0.495 e. The minimum absolute atomic E-state index is 0.131. The number of nitrogens with zero attached hydrogens (tertiary/aromatic N) is 1. The van der Waals surface area contributed by atoms with Crippen LogP contribution in [0.2, 0.25) is 0 Å². The van der Waals surface area contributed by atoms with E-state index in [1.54, 1.807) is 43.3 Å². The molecule has 0 radical (unpaired) electrons. The van der Waals surface area contributed by atoms with E-state index in [2.05, 4.69) is 0 Å². The van der Waals surface area contributed by atoms with Gasteiger partial charge in [-0.2, -0.15) is 0 Å². The average Bonchev–Trinajstić information content (AvgIpc) is 2.53. The highest BCUT2D eigenvalue weighted by Crippen LogP contribution is 2.27. The molecule has 0 unspecified atom stereocenters. The second-order valence-electron chi connectivity index (χ2n) is 4.48. The SMILES string of the molecule is COc1ccccc1N(C)C(=O)c1ccc(C(N)=S)cc1. The number of anilines is 1. The summed E-state index contributed by atoms with van der Waals surface area (Å²) in [4.78, 5) is 14.4. The van der Waals surface area contributed by atoms with Crippen LogP contribution in [0.4, 0.5) is 5.69 Å². The molecule has 0 fully saturated rings. The lowest BCUT2D eigenvalue weighted by molar-refractivity contribution is 0.0992. The van der Waals surface area contributed by atoms with E-state index in [1.165, 1.54) is 0 Å². The van der Waals surface area contributed by atoms with Crippen molar-refractivity contribution in [2.24, 2.45) is 5.73 Å². The van der Waals surface area contributed by atoms with Crippen LogP contribution in [-0.4, -0.2) is 25.1 Å². The van der Waals surface area contributed by atoms with Gasteiger partial charge in [-0.3, -0.25) is 4.79 Å². The number of benzene rings is 2. The molecule has 2 aromatic rings. The van der Waals surface area contributed by atoms with E-state index < -0.39 is 0 Å². The molecule has 0 saturated heterocycles. The second kappa shape index (κ2) is 6.37. The van der Waals surface area contributed by atoms with Gasteiger partial charge in [-0.15, -0.1) is 0 Å². The third-order valence-electron chi connectivity index (χ3n) is 3.17. The monoisotopic (exact) mass is 300 g/mol. The predicted octanol–water partition coefficient (Wildman–Crippen LogP) is 2.61. The molecule has 108 valence electrons. The maximum atomic E-state index is 12.5. The molecule has 0 aliphatic carbocycles. The molecule has 0 spiro atoms. The Morgan fingerprint density at radius 2 is 1.67 bits per heavy atom. The van der Waals surface area contributed by atoms with Gasteiger partial charge in [0.15, 0.2) is 0 Å². The second-order valence-corrected chi connectivity index (χ2v) is 4.92. The Morgan fingerprint density at radius 1 is 1.10 bits per heavy atom. The normalized spacial score (nSPS) is 10.0. The number of nitrogens with two attached hydrogens (primary N) is 1. The van der Waals surface area contributed by atoms with Gasteiger partial charge in [-0.05, 0) is 24.3 Å². The van der Waals surface area contributed by atoms with Gasteiger partial charge >= 0.3 is 0 Å². The van der Waals surface area contributed by atoms with Gasteiger partial charge in [0.25, 0.3) is 5.91 Å². The number of thiocarbonyl (C=S) groups is 1. The molecule has 0 aliphatic heterocycles. The maximum Gasteiger partial charge on any atom is 0.258 e. The highest BCUT2D eigenvalue weighted by atomic mass is 32.1. The van der Waals surface area contributed by atoms with Crippen molar-refractivity contribution in [1.82, 2.24) is 0 Å². The van der Waals surface area contributed by atoms with Crippen LogP contribution >= 0.6 is 12.2 Å². The summed E-state index contributed by atoms with van der Waals surface area (Å²) in [5.74, 6) is 0.516. The highest BCUT2D eigenvalue weighted by molar-refractivity contribution is 7.80. The van der Waals surface area contributed by atoms with Crippen LogP contribution in [0.5, 0.6) is 5.75 Å². The van der Waals surface area contributed by atoms with Crippen molar-refractivity contribution in [2.45, 2.75) is 0 Å². The summed E-state index contributed by atoms with van der Waals surface area (Å²) in [7, 11) is 3.29. The third kappa shape index (κ3) is 3.20. The molecule has 0 heterocycles. The molecule has 5 heteroatoms. The number of carbonyl (C=O) groups excluding carboxylic acids is 1. The van der Waals surface area contributed by atoms with Gasteiger partial charge in [0, 0.05) is 18.2 Å². The fourth-order valence-corrected chi connectivity index (χ4v) is 2.12. The summed E-state index contributed by atoms with van der Waals surface area (Å²) in [6, 6.07) is 14.3. The van der Waals surface area contributed by atoms with Crippen molar-refractivity contribution in [3.05, 3.63) is 59.7 Å². The minimum atomic E-state index is -0.131. The van der Waals surface area contributed by atoms with Crippen LogP contribution < -0.4 is 15.4 Å². The van der Waals surface area contributed by atoms with Crippen LogP contribution in [0.3, 0.4) is 0 Å². The molecule has 21 heavy (non-hydrogen) atoms. The molecule has 1 amide bonds. The Hall–Kier alpha value is -2.40. The molecule has 0 bridgehead atoms. The van der Waals surface area contributed by atoms with E-state index in [1.807, 2.05) is 24.3 Å². The number of para-hydroxylation sites is 2. The van der Waals surface area contributed by atoms with Gasteiger partial charge < -0.3 is 15.4 Å². The smallest absolute Gasteiger partial charge is 0.258 e. The average molecular weight is 300 g/mol. The number of methoxy groups -OCH3 is 1. The zero-order chi connectivity index (χ0) is 15.4. The van der Waals surface area contributed by atoms with Crippen molar-refractivity contribution in [3.63, 3.8) is 0 Å². The van der Waals surface area contributed by atoms with Crippen LogP contribution in [0.1, 0.15) is 15.9 Å². The number of hydrogen-bond donors (Lipinski definition) is 1. The topological polar surface area (TPSA) is 55.6 Å². The summed E-state index contributed by atoms with van der Waals surface area (Å²) in [6.45, 7) is 0. The van der Waals surface area contributed by atoms with E-state index in [0.29, 0.717) is 22.0 Å². The zero-order valence-electron chi connectivity index (χ0n) is 11.9. The summed E-state index contributed by atoms with van der Waals surface area (Å²) >= 11 is 4.90. The van der Waals surface area contributed by atoms with E-state index in [9.17, 15) is 4.79 Å². The van der Waals surface area contributed by atoms with Gasteiger partial charge in [0.05, 0.1) is 12.8 Å². The van der Waals surface area contributed by atoms with E-state index in [4.69, 9.17) is 22.7 Å². The van der Waals surface area contributed by atoms with Crippen LogP contribution in [0.15, 0.2) is 48.5 Å². The van der Waals surface area contributed by atoms with Crippen LogP contribution in [0, 0.1) is 0 Å². The molecule has 2 rings (SSSR count). The van der Waals surface area contributed by atoms with Crippen molar-refractivity contribution >= 4 is 28.8 Å². The molecule has 0 atom stereocenters. The number of hydrogen-bond acceptors (Lipinski definition) is 3. The van der Waals surface area contributed by atoms with Crippen molar-refractivity contribution in [2.75, 3.05) is 19.1 Å². The van der Waals surface area contributed by atoms with Crippen molar-refractivity contribution < 1.29 is 9.53 Å². The number of rotatable bonds is 4. The fraction of sp³-hybridized carbons (Fsp3) is 0.125. The lowest BCUT2D eigenvalue weighted by atomic mass is 10.1. The number of carbonyl (C=O) groups is 1. The third-order valence-corrected chi connectivity index (χ3v) is 3.40. The summed E-state index contributed by atoms with van der Waals surface area (Å²) in [5.41, 5.74) is 7.56. The summed E-state index contributed by atoms with van der Waals surface area (Å²) < 4.78 is 5.28. The fourth-order valence-electron chi connectivity index (χ4n) is 1.99. The highest BCUT2D eigenvalue weighted by Gasteiger charge is 2.16. The first-order chi connectivity index (χ1) is 10.0. The maximum absolute atomic E-state index is 12.5. The largest absolute Gasteiger partial charge is 0.495 e. The Balaban J connectivity index is 2.28. The van der Waals surface area contributed by atoms with E-state index in [0.717, 1.165) is 5.56 Å². The molecular formula is C16H16N2O2S. The summed E-state index contributed by atoms with van der Waals surface area (Å²) in [6.07, 6.45) is 0. The molecular weight excluding hydrogens is 284 g/mol. The molecule has 2 N–H and O–H groups in total. The van der Waals surface area contributed by atoms with Gasteiger partial charge in [0.1, 0.15) is 10.7 Å². The van der Waals surface area contributed by atoms with Crippen molar-refractivity contribution in [3.8, 4) is 5.75 Å². The van der Waals surface area contributed by atoms with Crippen LogP contribution in [-0.2, 0) is 0 Å². The van der Waals surface area contributed by atoms with Gasteiger partial charge in [-0.25, -0.2) is 0 Å². The first-order valence-corrected chi connectivity index (χ1v) is 6.76. The first-order valence-electron chi connectivity index (χ1n) is 6.35. The predicted molar refractivity (Wildman–Crippen MR) is 88.1 cm³/mol. The zero-order valence-corrected chi connectivity index (χ0v) is 12.7. The molecule has 0 aliphatic rings. The Labute approximate surface area is 129 Å². The molecule has 0 aromatic heterocycles. The first kappa shape index (κ1) is 15.0. The van der Waals surface area contributed by atoms with E-state index in [-0.39, 0.29) is 5.91 Å². The molecule has 2 aromatic carbocycles. The Kier molecular flexibility index (Phi) is 4.55.